The minimum absolute atomic E-state index is 0.0519. The maximum Gasteiger partial charge on any atom is 0.258 e. The van der Waals surface area contributed by atoms with Crippen molar-refractivity contribution in [2.45, 2.75) is 52.6 Å². The molecule has 2 aromatic heterocycles. The van der Waals surface area contributed by atoms with Crippen LogP contribution in [0.15, 0.2) is 10.9 Å². The van der Waals surface area contributed by atoms with E-state index < -0.39 is 0 Å². The van der Waals surface area contributed by atoms with Gasteiger partial charge in [0.05, 0.1) is 24.3 Å². The lowest BCUT2D eigenvalue weighted by atomic mass is 10.1. The molecule has 0 bridgehead atoms. The quantitative estimate of drug-likeness (QED) is 0.839. The smallest absolute Gasteiger partial charge is 0.258 e. The van der Waals surface area contributed by atoms with Crippen LogP contribution in [0.5, 0.6) is 0 Å². The van der Waals surface area contributed by atoms with Crippen LogP contribution < -0.4 is 15.4 Å². The highest BCUT2D eigenvalue weighted by atomic mass is 16.1. The van der Waals surface area contributed by atoms with E-state index in [4.69, 9.17) is 9.97 Å². The molecule has 1 fully saturated rings. The lowest BCUT2D eigenvalue weighted by Gasteiger charge is -2.28. The van der Waals surface area contributed by atoms with Crippen LogP contribution in [0.4, 0.5) is 11.8 Å². The Hall–Kier alpha value is -2.44. The fourth-order valence-electron chi connectivity index (χ4n) is 3.74. The SMILES string of the molecule is CCc1cc(N2Cc3nc(C)n(C)c(=O)c3C2)nc(N2CCCCC2)n1. The van der Waals surface area contributed by atoms with E-state index in [0.29, 0.717) is 13.1 Å². The van der Waals surface area contributed by atoms with Gasteiger partial charge in [0.1, 0.15) is 11.6 Å². The Morgan fingerprint density at radius 2 is 1.81 bits per heavy atom. The minimum Gasteiger partial charge on any atom is -0.346 e. The number of anilines is 2. The Bertz CT molecular complexity index is 884. The van der Waals surface area contributed by atoms with Crippen molar-refractivity contribution in [3.8, 4) is 0 Å². The first-order chi connectivity index (χ1) is 12.6. The Balaban J connectivity index is 1.68. The molecule has 0 N–H and O–H groups in total. The number of aromatic nitrogens is 4. The summed E-state index contributed by atoms with van der Waals surface area (Å²) >= 11 is 0. The summed E-state index contributed by atoms with van der Waals surface area (Å²) in [5, 5.41) is 0. The summed E-state index contributed by atoms with van der Waals surface area (Å²) in [5.74, 6) is 2.48. The molecule has 7 heteroatoms. The van der Waals surface area contributed by atoms with Crippen LogP contribution in [0.3, 0.4) is 0 Å². The zero-order valence-corrected chi connectivity index (χ0v) is 15.8. The van der Waals surface area contributed by atoms with Crippen LogP contribution in [0.25, 0.3) is 0 Å². The molecule has 26 heavy (non-hydrogen) atoms. The predicted octanol–water partition coefficient (Wildman–Crippen LogP) is 1.95. The van der Waals surface area contributed by atoms with Gasteiger partial charge in [0.15, 0.2) is 0 Å². The van der Waals surface area contributed by atoms with Crippen molar-refractivity contribution in [3.63, 3.8) is 0 Å². The van der Waals surface area contributed by atoms with Crippen molar-refractivity contribution in [1.82, 2.24) is 19.5 Å². The second kappa shape index (κ2) is 6.70. The standard InChI is InChI=1S/C19H26N6O/c1-4-14-10-17(22-19(21-14)24-8-6-5-7-9-24)25-11-15-16(12-25)20-13(2)23(3)18(15)26/h10H,4-9,11-12H2,1-3H3. The third-order valence-corrected chi connectivity index (χ3v) is 5.46. The number of aryl methyl sites for hydroxylation is 2. The average Bonchev–Trinajstić information content (AvgIpc) is 3.10. The summed E-state index contributed by atoms with van der Waals surface area (Å²) in [4.78, 5) is 31.2. The molecule has 2 aliphatic rings. The summed E-state index contributed by atoms with van der Waals surface area (Å²) in [7, 11) is 1.78. The molecule has 0 amide bonds. The first kappa shape index (κ1) is 17.0. The summed E-state index contributed by atoms with van der Waals surface area (Å²) in [6, 6.07) is 2.05. The highest BCUT2D eigenvalue weighted by Crippen LogP contribution is 2.27. The number of piperidine rings is 1. The van der Waals surface area contributed by atoms with Gasteiger partial charge in [-0.2, -0.15) is 4.98 Å². The highest BCUT2D eigenvalue weighted by molar-refractivity contribution is 5.49. The molecule has 0 aliphatic carbocycles. The first-order valence-electron chi connectivity index (χ1n) is 9.50. The van der Waals surface area contributed by atoms with E-state index in [2.05, 4.69) is 27.8 Å². The van der Waals surface area contributed by atoms with Gasteiger partial charge in [-0.1, -0.05) is 6.92 Å². The van der Waals surface area contributed by atoms with Crippen molar-refractivity contribution < 1.29 is 0 Å². The zero-order chi connectivity index (χ0) is 18.3. The molecule has 4 heterocycles. The van der Waals surface area contributed by atoms with E-state index in [-0.39, 0.29) is 5.56 Å². The van der Waals surface area contributed by atoms with Crippen LogP contribution >= 0.6 is 0 Å². The van der Waals surface area contributed by atoms with E-state index in [1.807, 2.05) is 6.92 Å². The summed E-state index contributed by atoms with van der Waals surface area (Å²) in [6.07, 6.45) is 4.55. The zero-order valence-electron chi connectivity index (χ0n) is 15.8. The van der Waals surface area contributed by atoms with Crippen molar-refractivity contribution in [2.75, 3.05) is 22.9 Å². The molecule has 4 rings (SSSR count). The van der Waals surface area contributed by atoms with E-state index in [0.717, 1.165) is 54.1 Å². The molecule has 0 saturated carbocycles. The van der Waals surface area contributed by atoms with Gasteiger partial charge in [0.25, 0.3) is 5.56 Å². The highest BCUT2D eigenvalue weighted by Gasteiger charge is 2.27. The number of rotatable bonds is 3. The Morgan fingerprint density at radius 1 is 1.04 bits per heavy atom. The van der Waals surface area contributed by atoms with Crippen LogP contribution in [0.1, 0.15) is 49.0 Å². The van der Waals surface area contributed by atoms with Crippen LogP contribution in [-0.4, -0.2) is 32.6 Å². The molecule has 2 aromatic rings. The maximum absolute atomic E-state index is 12.6. The van der Waals surface area contributed by atoms with Gasteiger partial charge in [0.2, 0.25) is 5.95 Å². The third kappa shape index (κ3) is 2.95. The van der Waals surface area contributed by atoms with Crippen molar-refractivity contribution in [1.29, 1.82) is 0 Å². The molecule has 0 spiro atoms. The number of fused-ring (bicyclic) bond motifs is 1. The molecule has 1 saturated heterocycles. The summed E-state index contributed by atoms with van der Waals surface area (Å²) in [5.41, 5.74) is 2.76. The normalized spacial score (nSPS) is 16.9. The molecule has 7 nitrogen and oxygen atoms in total. The van der Waals surface area contributed by atoms with Crippen LogP contribution in [-0.2, 0) is 26.6 Å². The summed E-state index contributed by atoms with van der Waals surface area (Å²) < 4.78 is 1.62. The molecule has 0 unspecified atom stereocenters. The van der Waals surface area contributed by atoms with E-state index in [9.17, 15) is 4.79 Å². The van der Waals surface area contributed by atoms with Gasteiger partial charge in [0, 0.05) is 31.9 Å². The fourth-order valence-corrected chi connectivity index (χ4v) is 3.74. The van der Waals surface area contributed by atoms with E-state index in [1.165, 1.54) is 19.3 Å². The molecule has 0 aromatic carbocycles. The molecule has 2 aliphatic heterocycles. The van der Waals surface area contributed by atoms with Crippen molar-refractivity contribution in [2.24, 2.45) is 7.05 Å². The van der Waals surface area contributed by atoms with Gasteiger partial charge in [-0.3, -0.25) is 9.36 Å². The lowest BCUT2D eigenvalue weighted by molar-refractivity contribution is 0.567. The average molecular weight is 354 g/mol. The summed E-state index contributed by atoms with van der Waals surface area (Å²) in [6.45, 7) is 7.23. The molecular weight excluding hydrogens is 328 g/mol. The maximum atomic E-state index is 12.6. The van der Waals surface area contributed by atoms with Crippen LogP contribution in [0.2, 0.25) is 0 Å². The van der Waals surface area contributed by atoms with Crippen LogP contribution in [0, 0.1) is 6.92 Å². The third-order valence-electron chi connectivity index (χ3n) is 5.46. The van der Waals surface area contributed by atoms with Crippen molar-refractivity contribution in [3.05, 3.63) is 39.2 Å². The van der Waals surface area contributed by atoms with E-state index >= 15 is 0 Å². The predicted molar refractivity (Wildman–Crippen MR) is 102 cm³/mol. The van der Waals surface area contributed by atoms with Gasteiger partial charge in [-0.15, -0.1) is 0 Å². The Kier molecular flexibility index (Phi) is 4.38. The Morgan fingerprint density at radius 3 is 2.54 bits per heavy atom. The minimum atomic E-state index is 0.0519. The monoisotopic (exact) mass is 354 g/mol. The Labute approximate surface area is 153 Å². The van der Waals surface area contributed by atoms with Gasteiger partial charge in [-0.25, -0.2) is 9.97 Å². The van der Waals surface area contributed by atoms with E-state index in [1.54, 1.807) is 11.6 Å². The second-order valence-corrected chi connectivity index (χ2v) is 7.22. The van der Waals surface area contributed by atoms with Crippen molar-refractivity contribution >= 4 is 11.8 Å². The number of hydrogen-bond acceptors (Lipinski definition) is 6. The molecule has 138 valence electrons. The second-order valence-electron chi connectivity index (χ2n) is 7.22. The van der Waals surface area contributed by atoms with Gasteiger partial charge < -0.3 is 9.80 Å². The number of nitrogens with zero attached hydrogens (tertiary/aromatic N) is 6. The van der Waals surface area contributed by atoms with Gasteiger partial charge in [-0.05, 0) is 32.6 Å². The first-order valence-corrected chi connectivity index (χ1v) is 9.50. The topological polar surface area (TPSA) is 67.2 Å². The molecule has 0 radical (unpaired) electrons. The lowest BCUT2D eigenvalue weighted by Crippen LogP contribution is -2.32. The number of hydrogen-bond donors (Lipinski definition) is 0. The van der Waals surface area contributed by atoms with Gasteiger partial charge >= 0.3 is 0 Å². The molecule has 0 atom stereocenters. The molecular formula is C19H26N6O. The fraction of sp³-hybridized carbons (Fsp3) is 0.579. The largest absolute Gasteiger partial charge is 0.346 e.